The molecule has 1 aliphatic rings. The van der Waals surface area contributed by atoms with Gasteiger partial charge < -0.3 is 14.8 Å². The van der Waals surface area contributed by atoms with Gasteiger partial charge in [0.2, 0.25) is 0 Å². The number of ether oxygens (including phenoxy) is 2. The van der Waals surface area contributed by atoms with Gasteiger partial charge in [-0.15, -0.1) is 0 Å². The van der Waals surface area contributed by atoms with Gasteiger partial charge in [-0.25, -0.2) is 0 Å². The quantitative estimate of drug-likeness (QED) is 0.908. The molecule has 1 unspecified atom stereocenters. The molecule has 3 nitrogen and oxygen atoms in total. The molecule has 1 aliphatic carbocycles. The van der Waals surface area contributed by atoms with Crippen LogP contribution in [0.3, 0.4) is 0 Å². The van der Waals surface area contributed by atoms with Gasteiger partial charge in [-0.05, 0) is 48.6 Å². The van der Waals surface area contributed by atoms with Gasteiger partial charge in [0, 0.05) is 18.2 Å². The molecule has 0 aliphatic heterocycles. The van der Waals surface area contributed by atoms with E-state index in [1.54, 1.807) is 14.2 Å². The zero-order valence-electron chi connectivity index (χ0n) is 13.3. The molecular formula is C19H23NO2. The highest BCUT2D eigenvalue weighted by atomic mass is 16.5. The van der Waals surface area contributed by atoms with E-state index in [-0.39, 0.29) is 0 Å². The maximum Gasteiger partial charge on any atom is 0.123 e. The Hall–Kier alpha value is -2.00. The second-order valence-electron chi connectivity index (χ2n) is 5.70. The van der Waals surface area contributed by atoms with Crippen LogP contribution >= 0.6 is 0 Å². The number of hydrogen-bond donors (Lipinski definition) is 1. The van der Waals surface area contributed by atoms with E-state index in [1.165, 1.54) is 30.4 Å². The summed E-state index contributed by atoms with van der Waals surface area (Å²) in [4.78, 5) is 0. The predicted octanol–water partition coefficient (Wildman–Crippen LogP) is 3.87. The molecule has 1 atom stereocenters. The third kappa shape index (κ3) is 3.09. The molecule has 3 rings (SSSR count). The maximum absolute atomic E-state index is 5.46. The standard InChI is InChI=1S/C19H23NO2/c1-21-16-10-11-19(22-2)15(12-16)13-20-18-9-5-7-14-6-3-4-8-17(14)18/h3-4,6,8,10-12,18,20H,5,7,9,13H2,1-2H3. The first-order valence-electron chi connectivity index (χ1n) is 7.84. The van der Waals surface area contributed by atoms with E-state index < -0.39 is 0 Å². The zero-order chi connectivity index (χ0) is 15.4. The van der Waals surface area contributed by atoms with Gasteiger partial charge in [-0.2, -0.15) is 0 Å². The molecule has 1 N–H and O–H groups in total. The summed E-state index contributed by atoms with van der Waals surface area (Å²) in [6.45, 7) is 0.777. The number of fused-ring (bicyclic) bond motifs is 1. The highest BCUT2D eigenvalue weighted by Gasteiger charge is 2.19. The Morgan fingerprint density at radius 2 is 1.95 bits per heavy atom. The summed E-state index contributed by atoms with van der Waals surface area (Å²) in [5.74, 6) is 1.76. The van der Waals surface area contributed by atoms with Crippen LogP contribution in [-0.4, -0.2) is 14.2 Å². The van der Waals surface area contributed by atoms with Crippen molar-refractivity contribution < 1.29 is 9.47 Å². The van der Waals surface area contributed by atoms with Crippen molar-refractivity contribution in [2.75, 3.05) is 14.2 Å². The van der Waals surface area contributed by atoms with E-state index >= 15 is 0 Å². The minimum Gasteiger partial charge on any atom is -0.497 e. The van der Waals surface area contributed by atoms with E-state index in [0.717, 1.165) is 23.6 Å². The molecule has 22 heavy (non-hydrogen) atoms. The van der Waals surface area contributed by atoms with Crippen LogP contribution in [-0.2, 0) is 13.0 Å². The van der Waals surface area contributed by atoms with Crippen LogP contribution in [0, 0.1) is 0 Å². The first-order chi connectivity index (χ1) is 10.8. The largest absolute Gasteiger partial charge is 0.497 e. The minimum absolute atomic E-state index is 0.417. The van der Waals surface area contributed by atoms with Crippen molar-refractivity contribution >= 4 is 0 Å². The molecule has 0 spiro atoms. The summed E-state index contributed by atoms with van der Waals surface area (Å²) in [5.41, 5.74) is 4.05. The van der Waals surface area contributed by atoms with Gasteiger partial charge in [-0.1, -0.05) is 24.3 Å². The molecule has 3 heteroatoms. The molecule has 0 radical (unpaired) electrons. The predicted molar refractivity (Wildman–Crippen MR) is 88.5 cm³/mol. The molecule has 0 saturated heterocycles. The fraction of sp³-hybridized carbons (Fsp3) is 0.368. The van der Waals surface area contributed by atoms with Crippen LogP contribution in [0.4, 0.5) is 0 Å². The Kier molecular flexibility index (Phi) is 4.64. The average molecular weight is 297 g/mol. The topological polar surface area (TPSA) is 30.5 Å². The number of rotatable bonds is 5. The summed E-state index contributed by atoms with van der Waals surface area (Å²) < 4.78 is 10.8. The van der Waals surface area contributed by atoms with Crippen molar-refractivity contribution in [2.24, 2.45) is 0 Å². The molecule has 0 heterocycles. The first-order valence-corrected chi connectivity index (χ1v) is 7.84. The molecular weight excluding hydrogens is 274 g/mol. The van der Waals surface area contributed by atoms with Crippen molar-refractivity contribution in [3.63, 3.8) is 0 Å². The van der Waals surface area contributed by atoms with E-state index in [1.807, 2.05) is 18.2 Å². The van der Waals surface area contributed by atoms with Crippen LogP contribution in [0.15, 0.2) is 42.5 Å². The number of hydrogen-bond acceptors (Lipinski definition) is 3. The van der Waals surface area contributed by atoms with E-state index in [9.17, 15) is 0 Å². The lowest BCUT2D eigenvalue weighted by atomic mass is 9.87. The van der Waals surface area contributed by atoms with Crippen molar-refractivity contribution in [1.29, 1.82) is 0 Å². The summed E-state index contributed by atoms with van der Waals surface area (Å²) in [6.07, 6.45) is 3.62. The third-order valence-electron chi connectivity index (χ3n) is 4.40. The SMILES string of the molecule is COc1ccc(OC)c(CNC2CCCc3ccccc32)c1. The number of nitrogens with one attached hydrogen (secondary N) is 1. The van der Waals surface area contributed by atoms with Crippen LogP contribution in [0.2, 0.25) is 0 Å². The van der Waals surface area contributed by atoms with Crippen molar-refractivity contribution in [3.05, 3.63) is 59.2 Å². The molecule has 0 aromatic heterocycles. The maximum atomic E-state index is 5.46. The van der Waals surface area contributed by atoms with Gasteiger partial charge in [0.05, 0.1) is 14.2 Å². The third-order valence-corrected chi connectivity index (χ3v) is 4.40. The van der Waals surface area contributed by atoms with Crippen molar-refractivity contribution in [1.82, 2.24) is 5.32 Å². The number of methoxy groups -OCH3 is 2. The second kappa shape index (κ2) is 6.84. The molecule has 0 fully saturated rings. The Balaban J connectivity index is 1.76. The van der Waals surface area contributed by atoms with Crippen LogP contribution in [0.25, 0.3) is 0 Å². The minimum atomic E-state index is 0.417. The Morgan fingerprint density at radius 3 is 2.77 bits per heavy atom. The molecule has 2 aromatic carbocycles. The van der Waals surface area contributed by atoms with E-state index in [2.05, 4.69) is 29.6 Å². The number of aryl methyl sites for hydroxylation is 1. The van der Waals surface area contributed by atoms with E-state index in [4.69, 9.17) is 9.47 Å². The van der Waals surface area contributed by atoms with Gasteiger partial charge >= 0.3 is 0 Å². The van der Waals surface area contributed by atoms with Crippen LogP contribution in [0.1, 0.15) is 35.6 Å². The first kappa shape index (κ1) is 14.9. The van der Waals surface area contributed by atoms with Gasteiger partial charge in [0.25, 0.3) is 0 Å². The molecule has 0 bridgehead atoms. The van der Waals surface area contributed by atoms with E-state index in [0.29, 0.717) is 6.04 Å². The van der Waals surface area contributed by atoms with Gasteiger partial charge in [0.1, 0.15) is 11.5 Å². The van der Waals surface area contributed by atoms with Gasteiger partial charge in [0.15, 0.2) is 0 Å². The lowest BCUT2D eigenvalue weighted by molar-refractivity contribution is 0.392. The molecule has 2 aromatic rings. The lowest BCUT2D eigenvalue weighted by Gasteiger charge is -2.26. The molecule has 0 amide bonds. The average Bonchev–Trinajstić information content (AvgIpc) is 2.59. The number of benzene rings is 2. The highest BCUT2D eigenvalue weighted by molar-refractivity contribution is 5.40. The lowest BCUT2D eigenvalue weighted by Crippen LogP contribution is -2.25. The zero-order valence-corrected chi connectivity index (χ0v) is 13.3. The summed E-state index contributed by atoms with van der Waals surface area (Å²) in [6, 6.07) is 15.1. The highest BCUT2D eigenvalue weighted by Crippen LogP contribution is 2.31. The summed E-state index contributed by atoms with van der Waals surface area (Å²) >= 11 is 0. The Labute approximate surface area is 132 Å². The molecule has 0 saturated carbocycles. The fourth-order valence-corrected chi connectivity index (χ4v) is 3.22. The Morgan fingerprint density at radius 1 is 1.09 bits per heavy atom. The normalized spacial score (nSPS) is 16.9. The smallest absolute Gasteiger partial charge is 0.123 e. The fourth-order valence-electron chi connectivity index (χ4n) is 3.22. The van der Waals surface area contributed by atoms with Gasteiger partial charge in [-0.3, -0.25) is 0 Å². The van der Waals surface area contributed by atoms with Crippen LogP contribution in [0.5, 0.6) is 11.5 Å². The molecule has 116 valence electrons. The summed E-state index contributed by atoms with van der Waals surface area (Å²) in [7, 11) is 3.40. The monoisotopic (exact) mass is 297 g/mol. The van der Waals surface area contributed by atoms with Crippen molar-refractivity contribution in [3.8, 4) is 11.5 Å². The van der Waals surface area contributed by atoms with Crippen molar-refractivity contribution in [2.45, 2.75) is 31.8 Å². The second-order valence-corrected chi connectivity index (χ2v) is 5.70. The van der Waals surface area contributed by atoms with Crippen LogP contribution < -0.4 is 14.8 Å². The Bertz CT molecular complexity index is 639. The summed E-state index contributed by atoms with van der Waals surface area (Å²) in [5, 5.41) is 3.68.